The van der Waals surface area contributed by atoms with Crippen molar-refractivity contribution in [1.29, 1.82) is 0 Å². The van der Waals surface area contributed by atoms with Crippen LogP contribution in [0.5, 0.6) is 0 Å². The molecular formula is C17H27N3O. The Labute approximate surface area is 127 Å². The maximum atomic E-state index is 12.1. The Hall–Kier alpha value is -1.58. The minimum atomic E-state index is 0.130. The highest BCUT2D eigenvalue weighted by Crippen LogP contribution is 2.24. The summed E-state index contributed by atoms with van der Waals surface area (Å²) in [4.78, 5) is 16.4. The monoisotopic (exact) mass is 289 g/mol. The topological polar surface area (TPSA) is 54.0 Å². The van der Waals surface area contributed by atoms with E-state index in [2.05, 4.69) is 22.5 Å². The highest BCUT2D eigenvalue weighted by Gasteiger charge is 2.21. The predicted octanol–water partition coefficient (Wildman–Crippen LogP) is 4.20. The van der Waals surface area contributed by atoms with Gasteiger partial charge in [0.25, 0.3) is 0 Å². The molecule has 1 aliphatic carbocycles. The van der Waals surface area contributed by atoms with Crippen molar-refractivity contribution in [3.05, 3.63) is 18.3 Å². The summed E-state index contributed by atoms with van der Waals surface area (Å²) in [5.41, 5.74) is 1.02. The lowest BCUT2D eigenvalue weighted by Crippen LogP contribution is -2.25. The van der Waals surface area contributed by atoms with E-state index in [0.29, 0.717) is 5.82 Å². The summed E-state index contributed by atoms with van der Waals surface area (Å²) < 4.78 is 0. The molecule has 0 aromatic carbocycles. The van der Waals surface area contributed by atoms with Crippen LogP contribution in [-0.4, -0.2) is 17.4 Å². The fraction of sp³-hybridized carbons (Fsp3) is 0.647. The average molecular weight is 289 g/mol. The summed E-state index contributed by atoms with van der Waals surface area (Å²) in [7, 11) is 0. The molecule has 1 aromatic heterocycles. The molecule has 0 saturated heterocycles. The Bertz CT molecular complexity index is 424. The van der Waals surface area contributed by atoms with Gasteiger partial charge in [-0.15, -0.1) is 0 Å². The molecule has 116 valence electrons. The Morgan fingerprint density at radius 1 is 1.24 bits per heavy atom. The number of nitrogens with zero attached hydrogens (tertiary/aromatic N) is 1. The van der Waals surface area contributed by atoms with Crippen molar-refractivity contribution in [1.82, 2.24) is 4.98 Å². The van der Waals surface area contributed by atoms with Crippen LogP contribution in [0.3, 0.4) is 0 Å². The van der Waals surface area contributed by atoms with E-state index < -0.39 is 0 Å². The summed E-state index contributed by atoms with van der Waals surface area (Å²) in [6.45, 7) is 3.18. The lowest BCUT2D eigenvalue weighted by Gasteiger charge is -2.20. The molecule has 4 nitrogen and oxygen atoms in total. The molecule has 0 radical (unpaired) electrons. The van der Waals surface area contributed by atoms with Gasteiger partial charge in [0.1, 0.15) is 5.82 Å². The van der Waals surface area contributed by atoms with Gasteiger partial charge in [-0.1, -0.05) is 39.0 Å². The van der Waals surface area contributed by atoms with Gasteiger partial charge in [-0.2, -0.15) is 0 Å². The van der Waals surface area contributed by atoms with E-state index in [4.69, 9.17) is 0 Å². The van der Waals surface area contributed by atoms with Crippen molar-refractivity contribution >= 4 is 17.4 Å². The van der Waals surface area contributed by atoms with Crippen LogP contribution in [0.25, 0.3) is 0 Å². The van der Waals surface area contributed by atoms with Crippen molar-refractivity contribution in [2.24, 2.45) is 5.92 Å². The van der Waals surface area contributed by atoms with Gasteiger partial charge in [0.15, 0.2) is 0 Å². The standard InChI is InChI=1S/C17H27N3O/c1-2-3-7-12-18-15-10-11-16(19-13-15)20-17(21)14-8-5-4-6-9-14/h10-11,13-14,18H,2-9,12H2,1H3,(H,19,20,21). The Balaban J connectivity index is 1.77. The van der Waals surface area contributed by atoms with E-state index in [-0.39, 0.29) is 11.8 Å². The number of carbonyl (C=O) groups excluding carboxylic acids is 1. The molecule has 1 fully saturated rings. The zero-order valence-electron chi connectivity index (χ0n) is 13.0. The number of hydrogen-bond donors (Lipinski definition) is 2. The number of pyridine rings is 1. The molecular weight excluding hydrogens is 262 g/mol. The molecule has 4 heteroatoms. The summed E-state index contributed by atoms with van der Waals surface area (Å²) in [6.07, 6.45) is 11.1. The summed E-state index contributed by atoms with van der Waals surface area (Å²) in [6, 6.07) is 3.86. The molecule has 0 aliphatic heterocycles. The molecule has 0 unspecified atom stereocenters. The molecule has 1 aromatic rings. The third-order valence-electron chi connectivity index (χ3n) is 4.10. The van der Waals surface area contributed by atoms with E-state index >= 15 is 0 Å². The first-order valence-electron chi connectivity index (χ1n) is 8.30. The van der Waals surface area contributed by atoms with Gasteiger partial charge >= 0.3 is 0 Å². The predicted molar refractivity (Wildman–Crippen MR) is 87.5 cm³/mol. The van der Waals surface area contributed by atoms with Crippen LogP contribution in [-0.2, 0) is 4.79 Å². The van der Waals surface area contributed by atoms with Crippen molar-refractivity contribution < 1.29 is 4.79 Å². The van der Waals surface area contributed by atoms with Crippen molar-refractivity contribution in [3.63, 3.8) is 0 Å². The molecule has 1 amide bonds. The third-order valence-corrected chi connectivity index (χ3v) is 4.10. The van der Waals surface area contributed by atoms with Gasteiger partial charge in [0, 0.05) is 12.5 Å². The number of amides is 1. The maximum absolute atomic E-state index is 12.1. The Morgan fingerprint density at radius 3 is 2.71 bits per heavy atom. The number of anilines is 2. The second-order valence-corrected chi connectivity index (χ2v) is 5.89. The van der Waals surface area contributed by atoms with Crippen molar-refractivity contribution in [2.75, 3.05) is 17.2 Å². The number of hydrogen-bond acceptors (Lipinski definition) is 3. The van der Waals surface area contributed by atoms with Crippen LogP contribution >= 0.6 is 0 Å². The van der Waals surface area contributed by atoms with E-state index in [1.165, 1.54) is 38.5 Å². The molecule has 0 atom stereocenters. The first-order valence-corrected chi connectivity index (χ1v) is 8.30. The number of unbranched alkanes of at least 4 members (excludes halogenated alkanes) is 2. The number of aromatic nitrogens is 1. The van der Waals surface area contributed by atoms with Gasteiger partial charge in [-0.3, -0.25) is 4.79 Å². The molecule has 1 aliphatic rings. The van der Waals surface area contributed by atoms with Crippen LogP contribution in [0.15, 0.2) is 18.3 Å². The molecule has 1 saturated carbocycles. The first-order chi connectivity index (χ1) is 10.3. The average Bonchev–Trinajstić information content (AvgIpc) is 2.54. The highest BCUT2D eigenvalue weighted by atomic mass is 16.1. The Morgan fingerprint density at radius 2 is 2.05 bits per heavy atom. The normalized spacial score (nSPS) is 15.7. The number of carbonyl (C=O) groups is 1. The largest absolute Gasteiger partial charge is 0.384 e. The van der Waals surface area contributed by atoms with Crippen LogP contribution in [0, 0.1) is 5.92 Å². The molecule has 0 bridgehead atoms. The quantitative estimate of drug-likeness (QED) is 0.740. The number of nitrogens with one attached hydrogen (secondary N) is 2. The van der Waals surface area contributed by atoms with Crippen LogP contribution in [0.2, 0.25) is 0 Å². The smallest absolute Gasteiger partial charge is 0.228 e. The van der Waals surface area contributed by atoms with Crippen molar-refractivity contribution in [3.8, 4) is 0 Å². The Kier molecular flexibility index (Phi) is 6.51. The maximum Gasteiger partial charge on any atom is 0.228 e. The second kappa shape index (κ2) is 8.65. The van der Waals surface area contributed by atoms with Crippen LogP contribution in [0.1, 0.15) is 58.3 Å². The summed E-state index contributed by atoms with van der Waals surface area (Å²) in [5.74, 6) is 0.961. The summed E-state index contributed by atoms with van der Waals surface area (Å²) >= 11 is 0. The third kappa shape index (κ3) is 5.37. The fourth-order valence-electron chi connectivity index (χ4n) is 2.77. The van der Waals surface area contributed by atoms with Gasteiger partial charge in [0.2, 0.25) is 5.91 Å². The lowest BCUT2D eigenvalue weighted by molar-refractivity contribution is -0.120. The minimum Gasteiger partial charge on any atom is -0.384 e. The second-order valence-electron chi connectivity index (χ2n) is 5.89. The lowest BCUT2D eigenvalue weighted by atomic mass is 9.89. The molecule has 21 heavy (non-hydrogen) atoms. The molecule has 0 spiro atoms. The fourth-order valence-corrected chi connectivity index (χ4v) is 2.77. The van der Waals surface area contributed by atoms with Gasteiger partial charge in [-0.05, 0) is 31.4 Å². The van der Waals surface area contributed by atoms with E-state index in [1.807, 2.05) is 12.1 Å². The highest BCUT2D eigenvalue weighted by molar-refractivity contribution is 5.91. The molecule has 2 rings (SSSR count). The van der Waals surface area contributed by atoms with E-state index in [9.17, 15) is 4.79 Å². The zero-order valence-corrected chi connectivity index (χ0v) is 13.0. The SMILES string of the molecule is CCCCCNc1ccc(NC(=O)C2CCCCC2)nc1. The zero-order chi connectivity index (χ0) is 14.9. The first kappa shape index (κ1) is 15.8. The molecule has 1 heterocycles. The van der Waals surface area contributed by atoms with Crippen molar-refractivity contribution in [2.45, 2.75) is 58.3 Å². The minimum absolute atomic E-state index is 0.130. The van der Waals surface area contributed by atoms with Gasteiger partial charge in [-0.25, -0.2) is 4.98 Å². The number of rotatable bonds is 7. The van der Waals surface area contributed by atoms with E-state index in [0.717, 1.165) is 25.1 Å². The van der Waals surface area contributed by atoms with Gasteiger partial charge in [0.05, 0.1) is 11.9 Å². The van der Waals surface area contributed by atoms with Crippen LogP contribution in [0.4, 0.5) is 11.5 Å². The van der Waals surface area contributed by atoms with E-state index in [1.54, 1.807) is 6.20 Å². The summed E-state index contributed by atoms with van der Waals surface area (Å²) in [5, 5.41) is 6.29. The molecule has 2 N–H and O–H groups in total. The van der Waals surface area contributed by atoms with Crippen LogP contribution < -0.4 is 10.6 Å². The van der Waals surface area contributed by atoms with Gasteiger partial charge < -0.3 is 10.6 Å².